The van der Waals surface area contributed by atoms with Crippen LogP contribution < -0.4 is 15.2 Å². The summed E-state index contributed by atoms with van der Waals surface area (Å²) >= 11 is 0. The molecule has 2 aromatic carbocycles. The SMILES string of the molecule is C[C@@H]1OC(=O)[C@@H]([NH3+])COC[C@H](Oc2ccccc2)[C@H]1Oc1ccccc1. The molecule has 1 aliphatic rings. The van der Waals surface area contributed by atoms with E-state index in [0.717, 1.165) is 0 Å². The molecule has 1 fully saturated rings. The first kappa shape index (κ1) is 18.2. The fourth-order valence-corrected chi connectivity index (χ4v) is 2.74. The third-order valence-electron chi connectivity index (χ3n) is 4.11. The van der Waals surface area contributed by atoms with Crippen molar-refractivity contribution < 1.29 is 29.5 Å². The number of rotatable bonds is 4. The Balaban J connectivity index is 1.85. The lowest BCUT2D eigenvalue weighted by molar-refractivity contribution is -0.415. The number of ether oxygens (including phenoxy) is 4. The molecule has 1 aliphatic heterocycles. The molecule has 3 rings (SSSR count). The van der Waals surface area contributed by atoms with Gasteiger partial charge in [0.25, 0.3) is 0 Å². The fraction of sp³-hybridized carbons (Fsp3) is 0.350. The number of carbonyl (C=O) groups is 1. The summed E-state index contributed by atoms with van der Waals surface area (Å²) in [6.07, 6.45) is -1.51. The highest BCUT2D eigenvalue weighted by Crippen LogP contribution is 2.22. The van der Waals surface area contributed by atoms with E-state index in [1.807, 2.05) is 60.7 Å². The summed E-state index contributed by atoms with van der Waals surface area (Å²) in [5.74, 6) is 0.971. The van der Waals surface area contributed by atoms with Crippen LogP contribution in [-0.4, -0.2) is 43.5 Å². The summed E-state index contributed by atoms with van der Waals surface area (Å²) in [5.41, 5.74) is 3.79. The summed E-state index contributed by atoms with van der Waals surface area (Å²) in [6, 6.07) is 18.3. The maximum Gasteiger partial charge on any atom is 0.367 e. The Morgan fingerprint density at radius 1 is 0.923 bits per heavy atom. The fourth-order valence-electron chi connectivity index (χ4n) is 2.74. The van der Waals surface area contributed by atoms with Gasteiger partial charge >= 0.3 is 5.97 Å². The molecule has 2 aromatic rings. The van der Waals surface area contributed by atoms with Gasteiger partial charge < -0.3 is 24.7 Å². The third-order valence-corrected chi connectivity index (χ3v) is 4.11. The molecule has 138 valence electrons. The lowest BCUT2D eigenvalue weighted by Gasteiger charge is -2.31. The van der Waals surface area contributed by atoms with Gasteiger partial charge in [0.05, 0.1) is 6.61 Å². The van der Waals surface area contributed by atoms with Gasteiger partial charge in [0.15, 0.2) is 12.2 Å². The first-order chi connectivity index (χ1) is 12.6. The highest BCUT2D eigenvalue weighted by Gasteiger charge is 2.37. The molecule has 6 heteroatoms. The van der Waals surface area contributed by atoms with Crippen LogP contribution in [0.4, 0.5) is 0 Å². The van der Waals surface area contributed by atoms with Crippen molar-refractivity contribution in [2.45, 2.75) is 31.3 Å². The molecule has 0 amide bonds. The van der Waals surface area contributed by atoms with E-state index in [2.05, 4.69) is 5.73 Å². The second kappa shape index (κ2) is 8.69. The van der Waals surface area contributed by atoms with E-state index < -0.39 is 30.3 Å². The van der Waals surface area contributed by atoms with Crippen LogP contribution in [0.2, 0.25) is 0 Å². The van der Waals surface area contributed by atoms with Gasteiger partial charge in [-0.2, -0.15) is 0 Å². The number of esters is 1. The minimum absolute atomic E-state index is 0.179. The second-order valence-corrected chi connectivity index (χ2v) is 6.24. The number of hydrogen-bond donors (Lipinski definition) is 1. The summed E-state index contributed by atoms with van der Waals surface area (Å²) in [5, 5.41) is 0. The molecule has 0 spiro atoms. The average molecular weight is 358 g/mol. The largest absolute Gasteiger partial charge is 0.484 e. The Kier molecular flexibility index (Phi) is 6.09. The van der Waals surface area contributed by atoms with E-state index in [1.165, 1.54) is 0 Å². The zero-order valence-corrected chi connectivity index (χ0v) is 14.7. The van der Waals surface area contributed by atoms with E-state index >= 15 is 0 Å². The van der Waals surface area contributed by atoms with Crippen molar-refractivity contribution in [3.8, 4) is 11.5 Å². The molecule has 1 heterocycles. The molecule has 0 bridgehead atoms. The smallest absolute Gasteiger partial charge is 0.367 e. The van der Waals surface area contributed by atoms with E-state index in [4.69, 9.17) is 18.9 Å². The molecule has 26 heavy (non-hydrogen) atoms. The lowest BCUT2D eigenvalue weighted by Crippen LogP contribution is -2.67. The number of para-hydroxylation sites is 2. The van der Waals surface area contributed by atoms with Crippen molar-refractivity contribution in [3.05, 3.63) is 60.7 Å². The standard InChI is InChI=1S/C20H23NO5/c1-14-19(26-16-10-6-3-7-11-16)18(25-15-8-4-2-5-9-15)13-23-12-17(21)20(22)24-14/h2-11,14,17-19H,12-13,21H2,1H3/p+1/t14-,17-,18-,19-/m0/s1. The molecule has 1 saturated heterocycles. The van der Waals surface area contributed by atoms with Gasteiger partial charge in [-0.05, 0) is 31.2 Å². The zero-order valence-electron chi connectivity index (χ0n) is 14.7. The van der Waals surface area contributed by atoms with Gasteiger partial charge in [-0.15, -0.1) is 0 Å². The quantitative estimate of drug-likeness (QED) is 0.837. The monoisotopic (exact) mass is 358 g/mol. The molecule has 0 aliphatic carbocycles. The maximum absolute atomic E-state index is 12.1. The highest BCUT2D eigenvalue weighted by atomic mass is 16.6. The summed E-state index contributed by atoms with van der Waals surface area (Å²) < 4.78 is 23.5. The van der Waals surface area contributed by atoms with Gasteiger partial charge in [-0.1, -0.05) is 36.4 Å². The maximum atomic E-state index is 12.1. The van der Waals surface area contributed by atoms with E-state index in [9.17, 15) is 4.79 Å². The van der Waals surface area contributed by atoms with Crippen LogP contribution in [0, 0.1) is 0 Å². The molecule has 0 unspecified atom stereocenters. The number of cyclic esters (lactones) is 1. The van der Waals surface area contributed by atoms with E-state index in [0.29, 0.717) is 11.5 Å². The first-order valence-electron chi connectivity index (χ1n) is 8.68. The average Bonchev–Trinajstić information content (AvgIpc) is 2.70. The number of hydrogen-bond acceptors (Lipinski definition) is 5. The van der Waals surface area contributed by atoms with Crippen LogP contribution in [0.15, 0.2) is 60.7 Å². The van der Waals surface area contributed by atoms with E-state index in [1.54, 1.807) is 6.92 Å². The zero-order chi connectivity index (χ0) is 18.4. The topological polar surface area (TPSA) is 81.6 Å². The van der Waals surface area contributed by atoms with E-state index in [-0.39, 0.29) is 13.2 Å². The van der Waals surface area contributed by atoms with Gasteiger partial charge in [0.1, 0.15) is 24.2 Å². The molecular weight excluding hydrogens is 334 g/mol. The van der Waals surface area contributed by atoms with Crippen LogP contribution >= 0.6 is 0 Å². The molecule has 3 N–H and O–H groups in total. The van der Waals surface area contributed by atoms with Gasteiger partial charge in [-0.25, -0.2) is 4.79 Å². The number of quaternary nitrogens is 1. The molecular formula is C20H24NO5+. The lowest BCUT2D eigenvalue weighted by atomic mass is 10.1. The minimum Gasteiger partial charge on any atom is -0.484 e. The van der Waals surface area contributed by atoms with Crippen LogP contribution in [-0.2, 0) is 14.3 Å². The Bertz CT molecular complexity index is 694. The van der Waals surface area contributed by atoms with Gasteiger partial charge in [-0.3, -0.25) is 0 Å². The summed E-state index contributed by atoms with van der Waals surface area (Å²) in [7, 11) is 0. The van der Waals surface area contributed by atoms with Gasteiger partial charge in [0.2, 0.25) is 6.04 Å². The van der Waals surface area contributed by atoms with Crippen molar-refractivity contribution >= 4 is 5.97 Å². The van der Waals surface area contributed by atoms with Crippen LogP contribution in [0.3, 0.4) is 0 Å². The normalized spacial score (nSPS) is 26.8. The van der Waals surface area contributed by atoms with Crippen LogP contribution in [0.25, 0.3) is 0 Å². The minimum atomic E-state index is -0.578. The van der Waals surface area contributed by atoms with Crippen LogP contribution in [0.1, 0.15) is 6.92 Å². The number of carbonyl (C=O) groups excluding carboxylic acids is 1. The molecule has 0 aromatic heterocycles. The van der Waals surface area contributed by atoms with Crippen molar-refractivity contribution in [1.82, 2.24) is 0 Å². The summed E-state index contributed by atoms with van der Waals surface area (Å²) in [4.78, 5) is 12.1. The third kappa shape index (κ3) is 4.74. The van der Waals surface area contributed by atoms with Crippen molar-refractivity contribution in [1.29, 1.82) is 0 Å². The molecule has 0 saturated carbocycles. The Hall–Kier alpha value is -2.57. The number of benzene rings is 2. The second-order valence-electron chi connectivity index (χ2n) is 6.24. The predicted octanol–water partition coefficient (Wildman–Crippen LogP) is 1.45. The molecule has 0 radical (unpaired) electrons. The highest BCUT2D eigenvalue weighted by molar-refractivity contribution is 5.74. The van der Waals surface area contributed by atoms with Crippen molar-refractivity contribution in [2.75, 3.05) is 13.2 Å². The summed E-state index contributed by atoms with van der Waals surface area (Å²) in [6.45, 7) is 2.24. The van der Waals surface area contributed by atoms with Crippen molar-refractivity contribution in [2.24, 2.45) is 0 Å². The Labute approximate surface area is 152 Å². The Morgan fingerprint density at radius 3 is 2.12 bits per heavy atom. The first-order valence-corrected chi connectivity index (χ1v) is 8.68. The van der Waals surface area contributed by atoms with Crippen LogP contribution in [0.5, 0.6) is 11.5 Å². The van der Waals surface area contributed by atoms with Crippen molar-refractivity contribution in [3.63, 3.8) is 0 Å². The molecule has 6 nitrogen and oxygen atoms in total. The van der Waals surface area contributed by atoms with Gasteiger partial charge in [0, 0.05) is 0 Å². The predicted molar refractivity (Wildman–Crippen MR) is 94.8 cm³/mol. The molecule has 4 atom stereocenters. The Morgan fingerprint density at radius 2 is 1.50 bits per heavy atom.